The summed E-state index contributed by atoms with van der Waals surface area (Å²) in [5.74, 6) is 0.712. The Kier molecular flexibility index (Phi) is 7.35. The van der Waals surface area contributed by atoms with E-state index in [0.29, 0.717) is 18.9 Å². The molecular formula is C14H23NO2S. The summed E-state index contributed by atoms with van der Waals surface area (Å²) in [6, 6.07) is 6.41. The van der Waals surface area contributed by atoms with E-state index in [1.54, 1.807) is 18.9 Å². The van der Waals surface area contributed by atoms with E-state index in [2.05, 4.69) is 37.4 Å². The van der Waals surface area contributed by atoms with Gasteiger partial charge in [-0.05, 0) is 25.5 Å². The molecule has 1 aromatic carbocycles. The molecule has 1 aromatic rings. The van der Waals surface area contributed by atoms with E-state index < -0.39 is 0 Å². The van der Waals surface area contributed by atoms with Crippen LogP contribution in [-0.4, -0.2) is 43.8 Å². The molecule has 0 aliphatic rings. The van der Waals surface area contributed by atoms with E-state index in [9.17, 15) is 5.11 Å². The van der Waals surface area contributed by atoms with Crippen LogP contribution < -0.4 is 5.32 Å². The van der Waals surface area contributed by atoms with Gasteiger partial charge in [0.1, 0.15) is 0 Å². The van der Waals surface area contributed by atoms with E-state index in [0.717, 1.165) is 6.54 Å². The summed E-state index contributed by atoms with van der Waals surface area (Å²) in [6.07, 6.45) is -0.326. The molecule has 1 rings (SSSR count). The van der Waals surface area contributed by atoms with Crippen molar-refractivity contribution in [2.75, 3.05) is 32.6 Å². The molecule has 2 N–H and O–H groups in total. The number of aliphatic hydroxyl groups is 1. The van der Waals surface area contributed by atoms with Crippen molar-refractivity contribution in [2.24, 2.45) is 0 Å². The summed E-state index contributed by atoms with van der Waals surface area (Å²) >= 11 is 1.71. The van der Waals surface area contributed by atoms with Crippen LogP contribution in [0.15, 0.2) is 23.1 Å². The van der Waals surface area contributed by atoms with Crippen molar-refractivity contribution in [1.82, 2.24) is 5.32 Å². The van der Waals surface area contributed by atoms with E-state index in [1.807, 2.05) is 0 Å². The molecule has 0 spiro atoms. The van der Waals surface area contributed by atoms with E-state index in [4.69, 9.17) is 4.74 Å². The molecule has 0 aliphatic carbocycles. The van der Waals surface area contributed by atoms with Crippen LogP contribution >= 0.6 is 11.8 Å². The Hall–Kier alpha value is -0.550. The van der Waals surface area contributed by atoms with E-state index in [1.165, 1.54) is 16.0 Å². The number of ether oxygens (including phenoxy) is 1. The molecule has 18 heavy (non-hydrogen) atoms. The fourth-order valence-electron chi connectivity index (χ4n) is 1.65. The third-order valence-corrected chi connectivity index (χ3v) is 3.95. The van der Waals surface area contributed by atoms with Crippen molar-refractivity contribution in [2.45, 2.75) is 24.8 Å². The maximum atomic E-state index is 9.83. The zero-order valence-electron chi connectivity index (χ0n) is 11.4. The van der Waals surface area contributed by atoms with Gasteiger partial charge in [0.05, 0.1) is 12.7 Å². The number of methoxy groups -OCH3 is 1. The van der Waals surface area contributed by atoms with Crippen molar-refractivity contribution in [3.8, 4) is 0 Å². The van der Waals surface area contributed by atoms with Crippen LogP contribution in [0.3, 0.4) is 0 Å². The number of aliphatic hydroxyl groups excluding tert-OH is 1. The van der Waals surface area contributed by atoms with Crippen LogP contribution in [0.25, 0.3) is 0 Å². The number of nitrogens with one attached hydrogen (secondary N) is 1. The zero-order chi connectivity index (χ0) is 13.4. The monoisotopic (exact) mass is 269 g/mol. The first-order valence-corrected chi connectivity index (χ1v) is 7.20. The van der Waals surface area contributed by atoms with Crippen LogP contribution in [0.4, 0.5) is 0 Å². The Morgan fingerprint density at radius 2 is 2.17 bits per heavy atom. The van der Waals surface area contributed by atoms with Crippen molar-refractivity contribution in [3.63, 3.8) is 0 Å². The fraction of sp³-hybridized carbons (Fsp3) is 0.571. The average molecular weight is 269 g/mol. The largest absolute Gasteiger partial charge is 0.391 e. The molecule has 3 nitrogen and oxygen atoms in total. The lowest BCUT2D eigenvalue weighted by Gasteiger charge is -2.12. The highest BCUT2D eigenvalue weighted by molar-refractivity contribution is 7.99. The van der Waals surface area contributed by atoms with Gasteiger partial charge < -0.3 is 15.2 Å². The molecule has 102 valence electrons. The van der Waals surface area contributed by atoms with Crippen molar-refractivity contribution >= 4 is 11.8 Å². The number of hydrogen-bond acceptors (Lipinski definition) is 4. The lowest BCUT2D eigenvalue weighted by Crippen LogP contribution is -2.30. The maximum absolute atomic E-state index is 9.83. The van der Waals surface area contributed by atoms with Crippen molar-refractivity contribution in [3.05, 3.63) is 29.3 Å². The van der Waals surface area contributed by atoms with Gasteiger partial charge in [-0.1, -0.05) is 17.7 Å². The molecule has 1 atom stereocenters. The first-order chi connectivity index (χ1) is 8.63. The van der Waals surface area contributed by atoms with Gasteiger partial charge in [-0.25, -0.2) is 0 Å². The third-order valence-electron chi connectivity index (χ3n) is 2.62. The van der Waals surface area contributed by atoms with Crippen molar-refractivity contribution < 1.29 is 9.84 Å². The maximum Gasteiger partial charge on any atom is 0.0758 e. The highest BCUT2D eigenvalue weighted by Gasteiger charge is 2.06. The average Bonchev–Trinajstić information content (AvgIpc) is 2.33. The Morgan fingerprint density at radius 1 is 1.39 bits per heavy atom. The Labute approximate surface area is 114 Å². The third kappa shape index (κ3) is 5.87. The van der Waals surface area contributed by atoms with Crippen LogP contribution in [0.1, 0.15) is 11.1 Å². The molecule has 1 unspecified atom stereocenters. The zero-order valence-corrected chi connectivity index (χ0v) is 12.2. The molecule has 0 bridgehead atoms. The van der Waals surface area contributed by atoms with Gasteiger partial charge in [0, 0.05) is 30.8 Å². The molecule has 0 aromatic heterocycles. The highest BCUT2D eigenvalue weighted by atomic mass is 32.2. The summed E-state index contributed by atoms with van der Waals surface area (Å²) in [5.41, 5.74) is 2.55. The quantitative estimate of drug-likeness (QED) is 0.559. The minimum absolute atomic E-state index is 0.326. The van der Waals surface area contributed by atoms with E-state index >= 15 is 0 Å². The molecule has 0 radical (unpaired) electrons. The second kappa shape index (κ2) is 8.53. The molecule has 0 aliphatic heterocycles. The van der Waals surface area contributed by atoms with Crippen molar-refractivity contribution in [1.29, 1.82) is 0 Å². The first kappa shape index (κ1) is 15.5. The van der Waals surface area contributed by atoms with Crippen LogP contribution in [0.5, 0.6) is 0 Å². The molecule has 0 saturated heterocycles. The van der Waals surface area contributed by atoms with Gasteiger partial charge in [0.25, 0.3) is 0 Å². The van der Waals surface area contributed by atoms with Gasteiger partial charge in [0.2, 0.25) is 0 Å². The topological polar surface area (TPSA) is 41.5 Å². The molecule has 0 amide bonds. The molecule has 0 heterocycles. The van der Waals surface area contributed by atoms with Gasteiger partial charge in [-0.15, -0.1) is 11.8 Å². The molecular weight excluding hydrogens is 246 g/mol. The normalized spacial score (nSPS) is 12.7. The lowest BCUT2D eigenvalue weighted by molar-refractivity contribution is 0.175. The molecule has 0 saturated carbocycles. The summed E-state index contributed by atoms with van der Waals surface area (Å²) in [6.45, 7) is 6.27. The number of aryl methyl sites for hydroxylation is 2. The first-order valence-electron chi connectivity index (χ1n) is 6.21. The minimum Gasteiger partial charge on any atom is -0.391 e. The number of hydrogen-bond donors (Lipinski definition) is 2. The number of rotatable bonds is 8. The van der Waals surface area contributed by atoms with Gasteiger partial charge in [-0.2, -0.15) is 0 Å². The smallest absolute Gasteiger partial charge is 0.0758 e. The number of benzene rings is 1. The lowest BCUT2D eigenvalue weighted by atomic mass is 10.2. The van der Waals surface area contributed by atoms with Gasteiger partial charge >= 0.3 is 0 Å². The van der Waals surface area contributed by atoms with Crippen LogP contribution in [-0.2, 0) is 4.74 Å². The van der Waals surface area contributed by atoms with Gasteiger partial charge in [0.15, 0.2) is 0 Å². The second-order valence-corrected chi connectivity index (χ2v) is 5.49. The van der Waals surface area contributed by atoms with Crippen LogP contribution in [0.2, 0.25) is 0 Å². The van der Waals surface area contributed by atoms with Crippen LogP contribution in [0, 0.1) is 13.8 Å². The Bertz CT molecular complexity index is 358. The number of thioether (sulfide) groups is 1. The Morgan fingerprint density at radius 3 is 2.83 bits per heavy atom. The molecule has 4 heteroatoms. The fourth-order valence-corrected chi connectivity index (χ4v) is 2.59. The van der Waals surface area contributed by atoms with E-state index in [-0.39, 0.29) is 6.10 Å². The predicted octanol–water partition coefficient (Wildman–Crippen LogP) is 1.99. The summed E-state index contributed by atoms with van der Waals surface area (Å²) in [4.78, 5) is 1.25. The molecule has 0 fully saturated rings. The summed E-state index contributed by atoms with van der Waals surface area (Å²) < 4.78 is 4.93. The summed E-state index contributed by atoms with van der Waals surface area (Å²) in [7, 11) is 1.67. The predicted molar refractivity (Wildman–Crippen MR) is 77.4 cm³/mol. The second-order valence-electron chi connectivity index (χ2n) is 4.43. The Balaban J connectivity index is 2.27. The highest BCUT2D eigenvalue weighted by Crippen LogP contribution is 2.23. The standard InChI is InChI=1S/C14H23NO2S/c1-11-4-5-14(12(2)8-11)18-10-13(16)9-15-6-7-17-3/h4-5,8,13,15-16H,6-7,9-10H2,1-3H3. The summed E-state index contributed by atoms with van der Waals surface area (Å²) in [5, 5.41) is 13.0. The van der Waals surface area contributed by atoms with Gasteiger partial charge in [-0.3, -0.25) is 0 Å². The SMILES string of the molecule is COCCNCC(O)CSc1ccc(C)cc1C. The minimum atomic E-state index is -0.326.